The molecule has 1 aromatic carbocycles. The second-order valence-corrected chi connectivity index (χ2v) is 5.85. The molecule has 0 saturated heterocycles. The zero-order chi connectivity index (χ0) is 15.2. The first-order chi connectivity index (χ1) is 9.28. The van der Waals surface area contributed by atoms with Crippen LogP contribution in [-0.4, -0.2) is 24.9 Å². The van der Waals surface area contributed by atoms with Gasteiger partial charge >= 0.3 is 0 Å². The lowest BCUT2D eigenvalue weighted by molar-refractivity contribution is -0.122. The van der Waals surface area contributed by atoms with Crippen molar-refractivity contribution in [1.82, 2.24) is 10.6 Å². The van der Waals surface area contributed by atoms with Crippen LogP contribution in [0, 0.1) is 11.2 Å². The Morgan fingerprint density at radius 3 is 2.15 bits per heavy atom. The zero-order valence-corrected chi connectivity index (χ0v) is 12.1. The zero-order valence-electron chi connectivity index (χ0n) is 12.1. The van der Waals surface area contributed by atoms with E-state index in [1.807, 2.05) is 20.8 Å². The molecule has 0 radical (unpaired) electrons. The largest absolute Gasteiger partial charge is 0.354 e. The summed E-state index contributed by atoms with van der Waals surface area (Å²) in [6, 6.07) is 5.31. The number of amides is 2. The fraction of sp³-hybridized carbons (Fsp3) is 0.467. The van der Waals surface area contributed by atoms with Crippen LogP contribution in [0.3, 0.4) is 0 Å². The van der Waals surface area contributed by atoms with Crippen molar-refractivity contribution in [1.29, 1.82) is 0 Å². The average molecular weight is 280 g/mol. The van der Waals surface area contributed by atoms with Gasteiger partial charge in [0, 0.05) is 25.1 Å². The SMILES string of the molecule is CC(C)(C)CC(=O)NCCNC(=O)c1ccc(F)cc1. The van der Waals surface area contributed by atoms with E-state index in [4.69, 9.17) is 0 Å². The van der Waals surface area contributed by atoms with Gasteiger partial charge < -0.3 is 10.6 Å². The van der Waals surface area contributed by atoms with Crippen molar-refractivity contribution in [3.63, 3.8) is 0 Å². The molecule has 0 saturated carbocycles. The summed E-state index contributed by atoms with van der Waals surface area (Å²) in [7, 11) is 0. The summed E-state index contributed by atoms with van der Waals surface area (Å²) >= 11 is 0. The molecule has 0 aliphatic heterocycles. The Balaban J connectivity index is 2.26. The lowest BCUT2D eigenvalue weighted by Gasteiger charge is -2.17. The first-order valence-corrected chi connectivity index (χ1v) is 6.58. The lowest BCUT2D eigenvalue weighted by Crippen LogP contribution is -2.35. The van der Waals surface area contributed by atoms with E-state index in [1.165, 1.54) is 24.3 Å². The molecule has 5 heteroatoms. The number of hydrogen-bond acceptors (Lipinski definition) is 2. The summed E-state index contributed by atoms with van der Waals surface area (Å²) in [5, 5.41) is 5.40. The maximum absolute atomic E-state index is 12.7. The Labute approximate surface area is 118 Å². The van der Waals surface area contributed by atoms with Gasteiger partial charge in [-0.3, -0.25) is 9.59 Å². The van der Waals surface area contributed by atoms with Crippen LogP contribution in [0.4, 0.5) is 4.39 Å². The molecule has 2 N–H and O–H groups in total. The molecule has 0 atom stereocenters. The summed E-state index contributed by atoms with van der Waals surface area (Å²) in [5.41, 5.74) is 0.342. The second kappa shape index (κ2) is 7.03. The lowest BCUT2D eigenvalue weighted by atomic mass is 9.92. The van der Waals surface area contributed by atoms with Crippen molar-refractivity contribution in [2.75, 3.05) is 13.1 Å². The van der Waals surface area contributed by atoms with Gasteiger partial charge in [0.15, 0.2) is 0 Å². The van der Waals surface area contributed by atoms with Crippen molar-refractivity contribution in [3.05, 3.63) is 35.6 Å². The fourth-order valence-corrected chi connectivity index (χ4v) is 1.63. The predicted molar refractivity (Wildman–Crippen MR) is 75.8 cm³/mol. The molecule has 0 aromatic heterocycles. The van der Waals surface area contributed by atoms with Gasteiger partial charge in [-0.05, 0) is 29.7 Å². The van der Waals surface area contributed by atoms with Crippen molar-refractivity contribution in [2.45, 2.75) is 27.2 Å². The number of halogens is 1. The normalized spacial score (nSPS) is 11.0. The molecule has 0 unspecified atom stereocenters. The van der Waals surface area contributed by atoms with E-state index in [0.717, 1.165) is 0 Å². The number of carbonyl (C=O) groups excluding carboxylic acids is 2. The van der Waals surface area contributed by atoms with Crippen LogP contribution in [0.2, 0.25) is 0 Å². The number of carbonyl (C=O) groups is 2. The van der Waals surface area contributed by atoms with Crippen LogP contribution in [0.15, 0.2) is 24.3 Å². The van der Waals surface area contributed by atoms with Gasteiger partial charge in [-0.25, -0.2) is 4.39 Å². The van der Waals surface area contributed by atoms with Crippen molar-refractivity contribution in [3.8, 4) is 0 Å². The molecule has 4 nitrogen and oxygen atoms in total. The number of rotatable bonds is 5. The minimum atomic E-state index is -0.379. The topological polar surface area (TPSA) is 58.2 Å². The van der Waals surface area contributed by atoms with E-state index >= 15 is 0 Å². The maximum Gasteiger partial charge on any atom is 0.251 e. The summed E-state index contributed by atoms with van der Waals surface area (Å²) in [6.07, 6.45) is 0.443. The van der Waals surface area contributed by atoms with E-state index < -0.39 is 0 Å². The van der Waals surface area contributed by atoms with Gasteiger partial charge in [0.1, 0.15) is 5.82 Å². The summed E-state index contributed by atoms with van der Waals surface area (Å²) < 4.78 is 12.7. The second-order valence-electron chi connectivity index (χ2n) is 5.85. The molecule has 0 aliphatic rings. The molecule has 110 valence electrons. The first kappa shape index (κ1) is 16.1. The molecule has 1 aromatic rings. The molecule has 2 amide bonds. The van der Waals surface area contributed by atoms with Crippen LogP contribution >= 0.6 is 0 Å². The standard InChI is InChI=1S/C15H21FN2O2/c1-15(2,3)10-13(19)17-8-9-18-14(20)11-4-6-12(16)7-5-11/h4-7H,8-10H2,1-3H3,(H,17,19)(H,18,20). The van der Waals surface area contributed by atoms with Crippen LogP contribution in [0.5, 0.6) is 0 Å². The van der Waals surface area contributed by atoms with E-state index in [2.05, 4.69) is 10.6 Å². The molecule has 0 aliphatic carbocycles. The van der Waals surface area contributed by atoms with Gasteiger partial charge in [0.2, 0.25) is 5.91 Å². The fourth-order valence-electron chi connectivity index (χ4n) is 1.63. The molecule has 0 spiro atoms. The number of nitrogens with one attached hydrogen (secondary N) is 2. The molecule has 1 rings (SSSR count). The monoisotopic (exact) mass is 280 g/mol. The highest BCUT2D eigenvalue weighted by Gasteiger charge is 2.15. The molecule has 0 fully saturated rings. The molecular weight excluding hydrogens is 259 g/mol. The van der Waals surface area contributed by atoms with E-state index in [9.17, 15) is 14.0 Å². The number of benzene rings is 1. The van der Waals surface area contributed by atoms with Gasteiger partial charge in [0.25, 0.3) is 5.91 Å². The van der Waals surface area contributed by atoms with Crippen molar-refractivity contribution < 1.29 is 14.0 Å². The Hall–Kier alpha value is -1.91. The van der Waals surface area contributed by atoms with Crippen LogP contribution in [0.1, 0.15) is 37.6 Å². The minimum Gasteiger partial charge on any atom is -0.354 e. The van der Waals surface area contributed by atoms with Crippen molar-refractivity contribution in [2.24, 2.45) is 5.41 Å². The molecular formula is C15H21FN2O2. The number of hydrogen-bond donors (Lipinski definition) is 2. The quantitative estimate of drug-likeness (QED) is 0.812. The van der Waals surface area contributed by atoms with Crippen LogP contribution in [-0.2, 0) is 4.79 Å². The van der Waals surface area contributed by atoms with E-state index in [0.29, 0.717) is 25.1 Å². The highest BCUT2D eigenvalue weighted by molar-refractivity contribution is 5.94. The predicted octanol–water partition coefficient (Wildman–Crippen LogP) is 2.11. The third-order valence-corrected chi connectivity index (χ3v) is 2.53. The summed E-state index contributed by atoms with van der Waals surface area (Å²) in [4.78, 5) is 23.2. The van der Waals surface area contributed by atoms with E-state index in [1.54, 1.807) is 0 Å². The van der Waals surface area contributed by atoms with Crippen LogP contribution in [0.25, 0.3) is 0 Å². The summed E-state index contributed by atoms with van der Waals surface area (Å²) in [5.74, 6) is -0.695. The molecule has 0 bridgehead atoms. The van der Waals surface area contributed by atoms with Gasteiger partial charge in [-0.2, -0.15) is 0 Å². The van der Waals surface area contributed by atoms with Crippen LogP contribution < -0.4 is 10.6 Å². The first-order valence-electron chi connectivity index (χ1n) is 6.58. The van der Waals surface area contributed by atoms with Gasteiger partial charge in [0.05, 0.1) is 0 Å². The molecule has 0 heterocycles. The third-order valence-electron chi connectivity index (χ3n) is 2.53. The highest BCUT2D eigenvalue weighted by Crippen LogP contribution is 2.17. The Kier molecular flexibility index (Phi) is 5.67. The Morgan fingerprint density at radius 1 is 1.05 bits per heavy atom. The Morgan fingerprint density at radius 2 is 1.60 bits per heavy atom. The summed E-state index contributed by atoms with van der Waals surface area (Å²) in [6.45, 7) is 6.68. The minimum absolute atomic E-state index is 0.0338. The van der Waals surface area contributed by atoms with Gasteiger partial charge in [-0.15, -0.1) is 0 Å². The average Bonchev–Trinajstić information content (AvgIpc) is 2.33. The van der Waals surface area contributed by atoms with E-state index in [-0.39, 0.29) is 23.0 Å². The van der Waals surface area contributed by atoms with Crippen molar-refractivity contribution >= 4 is 11.8 Å². The maximum atomic E-state index is 12.7. The third kappa shape index (κ3) is 6.31. The van der Waals surface area contributed by atoms with Gasteiger partial charge in [-0.1, -0.05) is 20.8 Å². The Bertz CT molecular complexity index is 464. The smallest absolute Gasteiger partial charge is 0.251 e. The molecule has 20 heavy (non-hydrogen) atoms. The highest BCUT2D eigenvalue weighted by atomic mass is 19.1.